The minimum atomic E-state index is -0.437. The fraction of sp³-hybridized carbons (Fsp3) is 0.154. The molecule has 0 spiro atoms. The Morgan fingerprint density at radius 3 is 2.81 bits per heavy atom. The van der Waals surface area contributed by atoms with Gasteiger partial charge in [-0.15, -0.1) is 0 Å². The number of nitrogens with two attached hydrogens (primary N) is 2. The second-order valence-electron chi connectivity index (χ2n) is 4.05. The number of hydrogen-bond acceptors (Lipinski definition) is 7. The number of nitrogens with one attached hydrogen (secondary N) is 1. The molecule has 0 unspecified atom stereocenters. The molecule has 7 nitrogen and oxygen atoms in total. The molecule has 110 valence electrons. The van der Waals surface area contributed by atoms with E-state index in [1.807, 2.05) is 0 Å². The molecule has 1 heterocycles. The van der Waals surface area contributed by atoms with Crippen LogP contribution >= 0.6 is 11.8 Å². The fourth-order valence-electron chi connectivity index (χ4n) is 1.57. The van der Waals surface area contributed by atoms with E-state index in [0.29, 0.717) is 21.3 Å². The van der Waals surface area contributed by atoms with Crippen molar-refractivity contribution in [2.24, 2.45) is 0 Å². The number of nitrogen functional groups attached to an aromatic ring is 2. The number of ether oxygens (including phenoxy) is 1. The molecule has 0 saturated carbocycles. The summed E-state index contributed by atoms with van der Waals surface area (Å²) in [6.45, 7) is 2.02. The van der Waals surface area contributed by atoms with Crippen LogP contribution in [0.4, 0.5) is 11.5 Å². The first-order valence-electron chi connectivity index (χ1n) is 6.11. The fourth-order valence-corrected chi connectivity index (χ4v) is 2.45. The molecule has 0 amide bonds. The van der Waals surface area contributed by atoms with Crippen LogP contribution in [0, 0.1) is 0 Å². The van der Waals surface area contributed by atoms with Crippen molar-refractivity contribution in [3.05, 3.63) is 40.2 Å². The van der Waals surface area contributed by atoms with Gasteiger partial charge in [-0.1, -0.05) is 0 Å². The molecule has 21 heavy (non-hydrogen) atoms. The summed E-state index contributed by atoms with van der Waals surface area (Å²) in [5.74, 6) is -0.324. The van der Waals surface area contributed by atoms with Crippen LogP contribution in [0.3, 0.4) is 0 Å². The van der Waals surface area contributed by atoms with Crippen molar-refractivity contribution in [3.63, 3.8) is 0 Å². The molecule has 0 aliphatic heterocycles. The summed E-state index contributed by atoms with van der Waals surface area (Å²) in [5.41, 5.74) is 11.9. The molecule has 0 fully saturated rings. The zero-order chi connectivity index (χ0) is 15.4. The van der Waals surface area contributed by atoms with Gasteiger partial charge in [-0.3, -0.25) is 4.79 Å². The number of anilines is 2. The Bertz CT molecular complexity index is 730. The molecule has 0 bridgehead atoms. The number of rotatable bonds is 4. The van der Waals surface area contributed by atoms with Crippen molar-refractivity contribution in [1.29, 1.82) is 0 Å². The van der Waals surface area contributed by atoms with Gasteiger partial charge < -0.3 is 21.2 Å². The standard InChI is InChI=1S/C13H14N4O3S/c1-2-20-12(19)7-3-4-8(14)9(5-7)21-13-16-10(15)6-11(18)17-13/h3-6H,2,14H2,1H3,(H3,15,16,17,18). The molecule has 0 aliphatic rings. The van der Waals surface area contributed by atoms with Gasteiger partial charge in [0.2, 0.25) is 0 Å². The molecule has 0 aliphatic carbocycles. The highest BCUT2D eigenvalue weighted by molar-refractivity contribution is 7.99. The Morgan fingerprint density at radius 1 is 1.38 bits per heavy atom. The first kappa shape index (κ1) is 14.9. The number of carbonyl (C=O) groups is 1. The van der Waals surface area contributed by atoms with E-state index in [9.17, 15) is 9.59 Å². The number of esters is 1. The molecule has 0 atom stereocenters. The topological polar surface area (TPSA) is 124 Å². The van der Waals surface area contributed by atoms with Crippen molar-refractivity contribution in [3.8, 4) is 0 Å². The van der Waals surface area contributed by atoms with Gasteiger partial charge in [-0.25, -0.2) is 9.78 Å². The molecule has 2 aromatic rings. The Morgan fingerprint density at radius 2 is 2.14 bits per heavy atom. The Labute approximate surface area is 124 Å². The monoisotopic (exact) mass is 306 g/mol. The predicted molar refractivity (Wildman–Crippen MR) is 80.2 cm³/mol. The number of carbonyl (C=O) groups excluding carboxylic acids is 1. The van der Waals surface area contributed by atoms with Crippen LogP contribution in [0.25, 0.3) is 0 Å². The lowest BCUT2D eigenvalue weighted by atomic mass is 10.2. The highest BCUT2D eigenvalue weighted by Gasteiger charge is 2.11. The second-order valence-corrected chi connectivity index (χ2v) is 5.08. The van der Waals surface area contributed by atoms with Crippen molar-refractivity contribution >= 4 is 29.2 Å². The van der Waals surface area contributed by atoms with Gasteiger partial charge in [0.05, 0.1) is 12.2 Å². The summed E-state index contributed by atoms with van der Waals surface area (Å²) >= 11 is 1.11. The van der Waals surface area contributed by atoms with Crippen molar-refractivity contribution in [2.45, 2.75) is 17.0 Å². The van der Waals surface area contributed by atoms with Crippen LogP contribution in [0.2, 0.25) is 0 Å². The Balaban J connectivity index is 2.32. The van der Waals surface area contributed by atoms with Gasteiger partial charge in [-0.05, 0) is 36.9 Å². The zero-order valence-electron chi connectivity index (χ0n) is 11.3. The van der Waals surface area contributed by atoms with E-state index in [-0.39, 0.29) is 18.0 Å². The SMILES string of the molecule is CCOC(=O)c1ccc(N)c(Sc2nc(N)cc(=O)[nH]2)c1. The molecule has 5 N–H and O–H groups in total. The van der Waals surface area contributed by atoms with Crippen LogP contribution in [0.5, 0.6) is 0 Å². The first-order chi connectivity index (χ1) is 9.99. The average Bonchev–Trinajstić information content (AvgIpc) is 2.40. The van der Waals surface area contributed by atoms with E-state index >= 15 is 0 Å². The lowest BCUT2D eigenvalue weighted by Gasteiger charge is -2.07. The zero-order valence-corrected chi connectivity index (χ0v) is 12.1. The lowest BCUT2D eigenvalue weighted by molar-refractivity contribution is 0.0526. The van der Waals surface area contributed by atoms with E-state index in [0.717, 1.165) is 11.8 Å². The van der Waals surface area contributed by atoms with E-state index in [4.69, 9.17) is 16.2 Å². The van der Waals surface area contributed by atoms with Gasteiger partial charge in [0.1, 0.15) is 5.82 Å². The molecule has 8 heteroatoms. The maximum Gasteiger partial charge on any atom is 0.338 e. The maximum atomic E-state index is 11.7. The molecule has 2 rings (SSSR count). The molecule has 1 aromatic carbocycles. The normalized spacial score (nSPS) is 10.3. The van der Waals surface area contributed by atoms with Crippen molar-refractivity contribution < 1.29 is 9.53 Å². The summed E-state index contributed by atoms with van der Waals surface area (Å²) in [7, 11) is 0. The molecule has 0 saturated heterocycles. The Hall–Kier alpha value is -2.48. The number of nitrogens with zero attached hydrogens (tertiary/aromatic N) is 1. The molecule has 1 aromatic heterocycles. The summed E-state index contributed by atoms with van der Waals surface area (Å²) in [5, 5.41) is 0.299. The summed E-state index contributed by atoms with van der Waals surface area (Å²) in [6, 6.07) is 5.94. The van der Waals surface area contributed by atoms with Gasteiger partial charge in [-0.2, -0.15) is 0 Å². The highest BCUT2D eigenvalue weighted by atomic mass is 32.2. The second kappa shape index (κ2) is 6.31. The molecular weight excluding hydrogens is 292 g/mol. The van der Waals surface area contributed by atoms with Crippen LogP contribution in [-0.4, -0.2) is 22.5 Å². The van der Waals surface area contributed by atoms with E-state index in [1.54, 1.807) is 25.1 Å². The van der Waals surface area contributed by atoms with Crippen LogP contribution in [-0.2, 0) is 4.74 Å². The minimum Gasteiger partial charge on any atom is -0.462 e. The van der Waals surface area contributed by atoms with Gasteiger partial charge in [0.15, 0.2) is 5.16 Å². The highest BCUT2D eigenvalue weighted by Crippen LogP contribution is 2.30. The van der Waals surface area contributed by atoms with Crippen LogP contribution in [0.1, 0.15) is 17.3 Å². The smallest absolute Gasteiger partial charge is 0.338 e. The first-order valence-corrected chi connectivity index (χ1v) is 6.92. The minimum absolute atomic E-state index is 0.112. The van der Waals surface area contributed by atoms with E-state index in [1.165, 1.54) is 6.07 Å². The third-order valence-electron chi connectivity index (χ3n) is 2.47. The number of aromatic nitrogens is 2. The van der Waals surface area contributed by atoms with Crippen molar-refractivity contribution in [1.82, 2.24) is 9.97 Å². The Kier molecular flexibility index (Phi) is 4.49. The third-order valence-corrected chi connectivity index (χ3v) is 3.43. The van der Waals surface area contributed by atoms with Crippen LogP contribution in [0.15, 0.2) is 39.1 Å². The van der Waals surface area contributed by atoms with Gasteiger partial charge in [0.25, 0.3) is 5.56 Å². The molecule has 0 radical (unpaired) electrons. The van der Waals surface area contributed by atoms with Crippen molar-refractivity contribution in [2.75, 3.05) is 18.1 Å². The number of H-pyrrole nitrogens is 1. The average molecular weight is 306 g/mol. The third kappa shape index (κ3) is 3.76. The van der Waals surface area contributed by atoms with E-state index < -0.39 is 5.97 Å². The van der Waals surface area contributed by atoms with Crippen LogP contribution < -0.4 is 17.0 Å². The van der Waals surface area contributed by atoms with Gasteiger partial charge in [0, 0.05) is 16.6 Å². The summed E-state index contributed by atoms with van der Waals surface area (Å²) in [4.78, 5) is 30.2. The van der Waals surface area contributed by atoms with Gasteiger partial charge >= 0.3 is 5.97 Å². The quantitative estimate of drug-likeness (QED) is 0.441. The maximum absolute atomic E-state index is 11.7. The number of benzene rings is 1. The largest absolute Gasteiger partial charge is 0.462 e. The van der Waals surface area contributed by atoms with E-state index in [2.05, 4.69) is 9.97 Å². The lowest BCUT2D eigenvalue weighted by Crippen LogP contribution is -2.09. The number of hydrogen-bond donors (Lipinski definition) is 3. The predicted octanol–water partition coefficient (Wildman–Crippen LogP) is 1.26. The summed E-state index contributed by atoms with van der Waals surface area (Å²) in [6.07, 6.45) is 0. The molecular formula is C13H14N4O3S. The number of aromatic amines is 1. The summed E-state index contributed by atoms with van der Waals surface area (Å²) < 4.78 is 4.93.